The smallest absolute Gasteiger partial charge is 0.259 e. The minimum Gasteiger partial charge on any atom is -0.489 e. The van der Waals surface area contributed by atoms with Crippen molar-refractivity contribution >= 4 is 23.2 Å². The van der Waals surface area contributed by atoms with E-state index in [2.05, 4.69) is 13.8 Å². The van der Waals surface area contributed by atoms with Crippen molar-refractivity contribution in [2.75, 3.05) is 11.4 Å². The number of nitrogens with zero attached hydrogens (tertiary/aromatic N) is 1. The van der Waals surface area contributed by atoms with Crippen LogP contribution in [0, 0.1) is 11.7 Å². The highest BCUT2D eigenvalue weighted by Crippen LogP contribution is 2.38. The second kappa shape index (κ2) is 8.54. The van der Waals surface area contributed by atoms with E-state index in [1.807, 2.05) is 59.5 Å². The highest BCUT2D eigenvalue weighted by atomic mass is 19.1. The van der Waals surface area contributed by atoms with Gasteiger partial charge in [0.25, 0.3) is 5.91 Å². The Hall–Kier alpha value is -3.40. The summed E-state index contributed by atoms with van der Waals surface area (Å²) in [6.45, 7) is 5.30. The van der Waals surface area contributed by atoms with Gasteiger partial charge in [-0.05, 0) is 53.5 Å². The highest BCUT2D eigenvalue weighted by molar-refractivity contribution is 6.35. The number of carbonyl (C=O) groups excluding carboxylic acids is 1. The maximum absolute atomic E-state index is 13.1. The van der Waals surface area contributed by atoms with Gasteiger partial charge in [-0.2, -0.15) is 0 Å². The fraction of sp³-hybridized carbons (Fsp3) is 0.192. The number of anilines is 1. The Bertz CT molecular complexity index is 1070. The molecule has 3 nitrogen and oxygen atoms in total. The van der Waals surface area contributed by atoms with Crippen LogP contribution in [0.5, 0.6) is 5.75 Å². The molecule has 0 fully saturated rings. The van der Waals surface area contributed by atoms with Crippen molar-refractivity contribution in [2.45, 2.75) is 20.5 Å². The SMILES string of the molecule is CC(C)CN1C(=O)/C(=C\c2ccc(OCc3ccc(F)cc3)cc2)c2ccccc21. The van der Waals surface area contributed by atoms with Gasteiger partial charge in [0, 0.05) is 17.7 Å². The summed E-state index contributed by atoms with van der Waals surface area (Å²) in [6, 6.07) is 21.8. The Morgan fingerprint density at radius 2 is 1.67 bits per heavy atom. The Kier molecular flexibility index (Phi) is 5.66. The molecule has 4 heteroatoms. The molecule has 0 N–H and O–H groups in total. The molecule has 4 rings (SSSR count). The van der Waals surface area contributed by atoms with E-state index >= 15 is 0 Å². The Balaban J connectivity index is 1.51. The zero-order valence-electron chi connectivity index (χ0n) is 17.1. The number of carbonyl (C=O) groups is 1. The van der Waals surface area contributed by atoms with Gasteiger partial charge in [-0.25, -0.2) is 4.39 Å². The van der Waals surface area contributed by atoms with Gasteiger partial charge in [0.2, 0.25) is 0 Å². The number of hydrogen-bond acceptors (Lipinski definition) is 2. The van der Waals surface area contributed by atoms with E-state index in [0.717, 1.165) is 28.1 Å². The van der Waals surface area contributed by atoms with Crippen LogP contribution in [0.2, 0.25) is 0 Å². The predicted molar refractivity (Wildman–Crippen MR) is 119 cm³/mol. The molecule has 0 atom stereocenters. The van der Waals surface area contributed by atoms with Crippen molar-refractivity contribution in [3.63, 3.8) is 0 Å². The Morgan fingerprint density at radius 1 is 0.967 bits per heavy atom. The summed E-state index contributed by atoms with van der Waals surface area (Å²) in [7, 11) is 0. The van der Waals surface area contributed by atoms with Gasteiger partial charge in [0.15, 0.2) is 0 Å². The van der Waals surface area contributed by atoms with E-state index in [4.69, 9.17) is 4.74 Å². The Morgan fingerprint density at radius 3 is 2.37 bits per heavy atom. The van der Waals surface area contributed by atoms with Crippen LogP contribution in [0.1, 0.15) is 30.5 Å². The fourth-order valence-corrected chi connectivity index (χ4v) is 3.57. The quantitative estimate of drug-likeness (QED) is 0.478. The number of ether oxygens (including phenoxy) is 1. The minimum atomic E-state index is -0.258. The van der Waals surface area contributed by atoms with Gasteiger partial charge in [-0.15, -0.1) is 0 Å². The second-order valence-corrected chi connectivity index (χ2v) is 7.87. The molecule has 0 spiro atoms. The largest absolute Gasteiger partial charge is 0.489 e. The normalized spacial score (nSPS) is 14.5. The number of benzene rings is 3. The first kappa shape index (κ1) is 19.9. The van der Waals surface area contributed by atoms with Crippen molar-refractivity contribution in [3.05, 3.63) is 95.3 Å². The van der Waals surface area contributed by atoms with Crippen molar-refractivity contribution in [3.8, 4) is 5.75 Å². The first-order valence-electron chi connectivity index (χ1n) is 10.1. The lowest BCUT2D eigenvalue weighted by atomic mass is 10.0. The maximum atomic E-state index is 13.1. The molecule has 0 aromatic heterocycles. The highest BCUT2D eigenvalue weighted by Gasteiger charge is 2.32. The fourth-order valence-electron chi connectivity index (χ4n) is 3.57. The summed E-state index contributed by atoms with van der Waals surface area (Å²) >= 11 is 0. The number of fused-ring (bicyclic) bond motifs is 1. The monoisotopic (exact) mass is 401 g/mol. The summed E-state index contributed by atoms with van der Waals surface area (Å²) in [4.78, 5) is 14.9. The van der Waals surface area contributed by atoms with E-state index < -0.39 is 0 Å². The molecule has 30 heavy (non-hydrogen) atoms. The van der Waals surface area contributed by atoms with Crippen molar-refractivity contribution in [1.29, 1.82) is 0 Å². The van der Waals surface area contributed by atoms with Crippen LogP contribution in [0.4, 0.5) is 10.1 Å². The summed E-state index contributed by atoms with van der Waals surface area (Å²) in [5.41, 5.74) is 4.50. The topological polar surface area (TPSA) is 29.5 Å². The molecule has 0 aliphatic carbocycles. The van der Waals surface area contributed by atoms with E-state index in [1.165, 1.54) is 12.1 Å². The van der Waals surface area contributed by atoms with Crippen LogP contribution in [-0.4, -0.2) is 12.5 Å². The van der Waals surface area contributed by atoms with Gasteiger partial charge in [0.1, 0.15) is 18.2 Å². The third-order valence-corrected chi connectivity index (χ3v) is 5.02. The summed E-state index contributed by atoms with van der Waals surface area (Å²) in [6.07, 6.45) is 1.94. The van der Waals surface area contributed by atoms with Crippen LogP contribution < -0.4 is 9.64 Å². The van der Waals surface area contributed by atoms with Gasteiger partial charge in [-0.1, -0.05) is 56.3 Å². The average molecular weight is 401 g/mol. The summed E-state index contributed by atoms with van der Waals surface area (Å²) in [5.74, 6) is 0.896. The average Bonchev–Trinajstić information content (AvgIpc) is 3.00. The van der Waals surface area contributed by atoms with Crippen LogP contribution in [0.3, 0.4) is 0 Å². The molecule has 0 unspecified atom stereocenters. The molecule has 0 saturated carbocycles. The molecule has 1 amide bonds. The van der Waals surface area contributed by atoms with Gasteiger partial charge in [-0.3, -0.25) is 4.79 Å². The lowest BCUT2D eigenvalue weighted by Crippen LogP contribution is -2.30. The molecule has 1 aliphatic heterocycles. The molecule has 0 radical (unpaired) electrons. The number of hydrogen-bond donors (Lipinski definition) is 0. The van der Waals surface area contributed by atoms with Gasteiger partial charge in [0.05, 0.1) is 5.69 Å². The van der Waals surface area contributed by atoms with E-state index in [9.17, 15) is 9.18 Å². The van der Waals surface area contributed by atoms with Crippen LogP contribution >= 0.6 is 0 Å². The molecule has 1 aliphatic rings. The molecule has 1 heterocycles. The summed E-state index contributed by atoms with van der Waals surface area (Å²) < 4.78 is 18.8. The number of rotatable bonds is 6. The third-order valence-electron chi connectivity index (χ3n) is 5.02. The molecular weight excluding hydrogens is 377 g/mol. The molecule has 3 aromatic rings. The Labute approximate surface area is 176 Å². The standard InChI is InChI=1S/C26H24FNO2/c1-18(2)16-28-25-6-4-3-5-23(25)24(26(28)29)15-19-9-13-22(14-10-19)30-17-20-7-11-21(27)12-8-20/h3-15,18H,16-17H2,1-2H3/b24-15-. The predicted octanol–water partition coefficient (Wildman–Crippen LogP) is 5.95. The lowest BCUT2D eigenvalue weighted by molar-refractivity contribution is -0.113. The van der Waals surface area contributed by atoms with E-state index in [-0.39, 0.29) is 11.7 Å². The van der Waals surface area contributed by atoms with Crippen LogP contribution in [-0.2, 0) is 11.4 Å². The maximum Gasteiger partial charge on any atom is 0.259 e. The number of para-hydroxylation sites is 1. The number of amides is 1. The lowest BCUT2D eigenvalue weighted by Gasteiger charge is -2.19. The first-order chi connectivity index (χ1) is 14.5. The van der Waals surface area contributed by atoms with Crippen LogP contribution in [0.15, 0.2) is 72.8 Å². The van der Waals surface area contributed by atoms with E-state index in [1.54, 1.807) is 12.1 Å². The first-order valence-corrected chi connectivity index (χ1v) is 10.1. The molecule has 3 aromatic carbocycles. The van der Waals surface area contributed by atoms with Crippen molar-refractivity contribution < 1.29 is 13.9 Å². The minimum absolute atomic E-state index is 0.0431. The zero-order valence-corrected chi connectivity index (χ0v) is 17.1. The zero-order chi connectivity index (χ0) is 21.1. The van der Waals surface area contributed by atoms with E-state index in [0.29, 0.717) is 24.6 Å². The van der Waals surface area contributed by atoms with Gasteiger partial charge < -0.3 is 9.64 Å². The van der Waals surface area contributed by atoms with Gasteiger partial charge >= 0.3 is 0 Å². The molecule has 152 valence electrons. The third kappa shape index (κ3) is 4.28. The second-order valence-electron chi connectivity index (χ2n) is 7.87. The molecule has 0 saturated heterocycles. The van der Waals surface area contributed by atoms with Crippen molar-refractivity contribution in [1.82, 2.24) is 0 Å². The van der Waals surface area contributed by atoms with Crippen molar-refractivity contribution in [2.24, 2.45) is 5.92 Å². The molecule has 0 bridgehead atoms. The van der Waals surface area contributed by atoms with Crippen LogP contribution in [0.25, 0.3) is 11.6 Å². The molecular formula is C26H24FNO2. The summed E-state index contributed by atoms with van der Waals surface area (Å²) in [5, 5.41) is 0. The number of halogens is 1.